The molecule has 2 N–H and O–H groups in total. The quantitative estimate of drug-likeness (QED) is 0.0271. The Hall–Kier alpha value is -7.41. The van der Waals surface area contributed by atoms with Crippen molar-refractivity contribution in [3.8, 4) is 0 Å². The van der Waals surface area contributed by atoms with Gasteiger partial charge in [0.15, 0.2) is 18.9 Å². The SMILES string of the molecule is COC(=O)CCCCCCCCO[C@@H]1O[C@H](CO)[C@@H](OCc2ccccc2)[C@H](O[C@H]2O[C@H](COCc3ccccc3)[C@@H](OCc3ccccc3)[C@H](OCc3ccccc3)[C@@H]2O[C@H]2O[C@H](COCc3ccccc3)[C@@H](OCc3ccccc3)[C@H](OCc3ccccc3)[C@@H]2O)[C@@H]1OCc1ccccc1. The highest BCUT2D eigenvalue weighted by Gasteiger charge is 2.57. The van der Waals surface area contributed by atoms with Gasteiger partial charge in [-0.1, -0.05) is 268 Å². The highest BCUT2D eigenvalue weighted by atomic mass is 16.8. The largest absolute Gasteiger partial charge is 0.469 e. The molecule has 0 amide bonds. The van der Waals surface area contributed by atoms with Crippen molar-refractivity contribution < 1.29 is 86.1 Å². The Balaban J connectivity index is 1.01. The van der Waals surface area contributed by atoms with Crippen LogP contribution in [0.15, 0.2) is 243 Å². The van der Waals surface area contributed by atoms with E-state index in [1.807, 2.05) is 243 Å². The fourth-order valence-corrected chi connectivity index (χ4v) is 12.9. The molecule has 18 heteroatoms. The molecule has 0 spiro atoms. The first-order chi connectivity index (χ1) is 50.3. The molecule has 11 rings (SSSR count). The number of carbonyl (C=O) groups excluding carboxylic acids is 1. The van der Waals surface area contributed by atoms with E-state index in [-0.39, 0.29) is 78.6 Å². The predicted octanol–water partition coefficient (Wildman–Crippen LogP) is 13.2. The average molecular weight is 1400 g/mol. The van der Waals surface area contributed by atoms with Crippen molar-refractivity contribution in [1.29, 1.82) is 0 Å². The minimum absolute atomic E-state index is 0.00524. The number of esters is 1. The molecular formula is C84H98O18. The molecule has 3 aliphatic rings. The molecule has 15 atom stereocenters. The summed E-state index contributed by atoms with van der Waals surface area (Å²) >= 11 is 0. The van der Waals surface area contributed by atoms with Gasteiger partial charge in [-0.2, -0.15) is 0 Å². The summed E-state index contributed by atoms with van der Waals surface area (Å²) in [6, 6.07) is 78.5. The zero-order valence-corrected chi connectivity index (χ0v) is 58.1. The Morgan fingerprint density at radius 1 is 0.324 bits per heavy atom. The second-order valence-electron chi connectivity index (χ2n) is 25.9. The number of carbonyl (C=O) groups is 1. The number of aliphatic hydroxyl groups is 2. The fraction of sp³-hybridized carbons (Fsp3) is 0.417. The van der Waals surface area contributed by atoms with E-state index >= 15 is 0 Å². The van der Waals surface area contributed by atoms with Gasteiger partial charge in [0.1, 0.15) is 73.2 Å². The number of ether oxygens (including phenoxy) is 15. The van der Waals surface area contributed by atoms with Crippen LogP contribution in [0.4, 0.5) is 0 Å². The van der Waals surface area contributed by atoms with Crippen LogP contribution in [0.5, 0.6) is 0 Å². The van der Waals surface area contributed by atoms with E-state index in [2.05, 4.69) is 0 Å². The molecule has 3 saturated heterocycles. The van der Waals surface area contributed by atoms with Crippen LogP contribution in [-0.2, 0) is 129 Å². The molecule has 0 aliphatic carbocycles. The van der Waals surface area contributed by atoms with Crippen LogP contribution in [0.1, 0.15) is 89.5 Å². The molecule has 0 saturated carbocycles. The molecule has 3 fully saturated rings. The number of hydrogen-bond acceptors (Lipinski definition) is 18. The van der Waals surface area contributed by atoms with Crippen molar-refractivity contribution in [3.05, 3.63) is 287 Å². The van der Waals surface area contributed by atoms with Crippen LogP contribution >= 0.6 is 0 Å². The molecule has 0 aromatic heterocycles. The third kappa shape index (κ3) is 23.3. The van der Waals surface area contributed by atoms with Crippen molar-refractivity contribution in [2.24, 2.45) is 0 Å². The lowest BCUT2D eigenvalue weighted by atomic mass is 9.95. The maximum Gasteiger partial charge on any atom is 0.305 e. The highest BCUT2D eigenvalue weighted by molar-refractivity contribution is 5.69. The first kappa shape index (κ1) is 75.7. The van der Waals surface area contributed by atoms with Crippen LogP contribution in [0.2, 0.25) is 0 Å². The first-order valence-corrected chi connectivity index (χ1v) is 35.8. The van der Waals surface area contributed by atoms with E-state index in [1.165, 1.54) is 7.11 Å². The van der Waals surface area contributed by atoms with E-state index in [9.17, 15) is 15.0 Å². The van der Waals surface area contributed by atoms with E-state index < -0.39 is 98.7 Å². The van der Waals surface area contributed by atoms with Gasteiger partial charge in [-0.3, -0.25) is 4.79 Å². The van der Waals surface area contributed by atoms with Gasteiger partial charge >= 0.3 is 5.97 Å². The zero-order valence-electron chi connectivity index (χ0n) is 58.1. The van der Waals surface area contributed by atoms with Crippen molar-refractivity contribution in [2.75, 3.05) is 33.5 Å². The number of unbranched alkanes of at least 4 members (excludes halogenated alkanes) is 5. The van der Waals surface area contributed by atoms with E-state index in [0.29, 0.717) is 12.8 Å². The van der Waals surface area contributed by atoms with Crippen molar-refractivity contribution in [1.82, 2.24) is 0 Å². The van der Waals surface area contributed by atoms with Crippen molar-refractivity contribution in [2.45, 2.75) is 190 Å². The van der Waals surface area contributed by atoms with Gasteiger partial charge in [0.2, 0.25) is 0 Å². The Labute approximate surface area is 599 Å². The smallest absolute Gasteiger partial charge is 0.305 e. The third-order valence-electron chi connectivity index (χ3n) is 18.3. The zero-order chi connectivity index (χ0) is 70.2. The van der Waals surface area contributed by atoms with Gasteiger partial charge in [0, 0.05) is 13.0 Å². The third-order valence-corrected chi connectivity index (χ3v) is 18.3. The van der Waals surface area contributed by atoms with Gasteiger partial charge < -0.3 is 81.3 Å². The molecule has 102 heavy (non-hydrogen) atoms. The summed E-state index contributed by atoms with van der Waals surface area (Å²) in [6.45, 7) is 0.895. The summed E-state index contributed by atoms with van der Waals surface area (Å²) in [5, 5.41) is 25.0. The van der Waals surface area contributed by atoms with Crippen LogP contribution in [-0.4, -0.2) is 142 Å². The van der Waals surface area contributed by atoms with Gasteiger partial charge in [0.25, 0.3) is 0 Å². The van der Waals surface area contributed by atoms with Gasteiger partial charge in [-0.25, -0.2) is 0 Å². The molecule has 8 aromatic carbocycles. The number of aliphatic hydroxyl groups excluding tert-OH is 2. The summed E-state index contributed by atoms with van der Waals surface area (Å²) in [5.41, 5.74) is 7.13. The normalized spacial score (nSPS) is 25.0. The van der Waals surface area contributed by atoms with Gasteiger partial charge in [-0.05, 0) is 57.3 Å². The standard InChI is InChI=1S/C84H98O18/c1-88-72(86)48-30-4-2-3-5-31-49-91-83-80(97-58-68-46-28-13-29-47-68)79(74(69(50-85)98-83)92-53-63-36-18-8-19-37-63)101-84-81(78(96-57-67-44-26-12-27-45-67)76(94-55-65-40-22-10-23-41-65)71(100-84)60-90-52-62-34-16-7-17-35-62)102-82-73(87)77(95-56-66-42-24-11-25-43-66)75(93-54-64-38-20-9-21-39-64)70(99-82)59-89-51-61-32-14-6-15-33-61/h6-29,32-47,69-71,73-85,87H,2-5,30-31,48-60H2,1H3/t69-,70-,71-,73+,74-,75-,76-,77-,78+,79+,80+,81+,82-,83-,84-/m1/s1. The number of methoxy groups -OCH3 is 1. The van der Waals surface area contributed by atoms with Crippen LogP contribution in [0, 0.1) is 0 Å². The molecule has 8 aromatic rings. The number of hydrogen-bond donors (Lipinski definition) is 2. The lowest BCUT2D eigenvalue weighted by Crippen LogP contribution is -2.68. The van der Waals surface area contributed by atoms with E-state index in [0.717, 1.165) is 76.6 Å². The summed E-state index contributed by atoms with van der Waals surface area (Å²) in [7, 11) is 1.41. The summed E-state index contributed by atoms with van der Waals surface area (Å²) in [5.74, 6) is -0.209. The van der Waals surface area contributed by atoms with Crippen LogP contribution < -0.4 is 0 Å². The highest BCUT2D eigenvalue weighted by Crippen LogP contribution is 2.39. The minimum atomic E-state index is -1.55. The summed E-state index contributed by atoms with van der Waals surface area (Å²) < 4.78 is 104. The molecule has 3 heterocycles. The number of benzene rings is 8. The fourth-order valence-electron chi connectivity index (χ4n) is 12.9. The molecular weight excluding hydrogens is 1300 g/mol. The molecule has 0 radical (unpaired) electrons. The Kier molecular flexibility index (Phi) is 31.0. The summed E-state index contributed by atoms with van der Waals surface area (Å²) in [4.78, 5) is 11.8. The van der Waals surface area contributed by atoms with Crippen LogP contribution in [0.25, 0.3) is 0 Å². The monoisotopic (exact) mass is 1390 g/mol. The maximum atomic E-state index is 13.4. The molecule has 0 unspecified atom stereocenters. The predicted molar refractivity (Wildman–Crippen MR) is 381 cm³/mol. The van der Waals surface area contributed by atoms with Crippen molar-refractivity contribution >= 4 is 5.97 Å². The molecule has 0 bridgehead atoms. The Bertz CT molecular complexity index is 3540. The minimum Gasteiger partial charge on any atom is -0.469 e. The average Bonchev–Trinajstić information content (AvgIpc) is 0.785. The maximum absolute atomic E-state index is 13.4. The topological polar surface area (TPSA) is 196 Å². The Morgan fingerprint density at radius 3 is 1.04 bits per heavy atom. The summed E-state index contributed by atoms with van der Waals surface area (Å²) in [6.07, 6.45) is -11.9. The number of rotatable bonds is 41. The van der Waals surface area contributed by atoms with Crippen LogP contribution in [0.3, 0.4) is 0 Å². The van der Waals surface area contributed by atoms with Gasteiger partial charge in [0.05, 0.1) is 79.8 Å². The lowest BCUT2D eigenvalue weighted by Gasteiger charge is -2.51. The van der Waals surface area contributed by atoms with E-state index in [1.54, 1.807) is 0 Å². The first-order valence-electron chi connectivity index (χ1n) is 35.8. The molecule has 3 aliphatic heterocycles. The van der Waals surface area contributed by atoms with Gasteiger partial charge in [-0.15, -0.1) is 0 Å². The molecule has 18 nitrogen and oxygen atoms in total. The second kappa shape index (κ2) is 41.8. The Morgan fingerprint density at radius 2 is 0.637 bits per heavy atom. The second-order valence-corrected chi connectivity index (χ2v) is 25.9. The van der Waals surface area contributed by atoms with Crippen molar-refractivity contribution in [3.63, 3.8) is 0 Å². The molecule has 542 valence electrons. The lowest BCUT2D eigenvalue weighted by molar-refractivity contribution is -0.401. The van der Waals surface area contributed by atoms with E-state index in [4.69, 9.17) is 71.1 Å².